The highest BCUT2D eigenvalue weighted by Gasteiger charge is 2.01. The summed E-state index contributed by atoms with van der Waals surface area (Å²) in [4.78, 5) is 4.31. The SMILES string of the molecule is c1cc2ccc3[nH]scc3c2n1. The Kier molecular flexibility index (Phi) is 1.07. The predicted molar refractivity (Wildman–Crippen MR) is 51.5 cm³/mol. The van der Waals surface area contributed by atoms with Crippen LogP contribution in [0.3, 0.4) is 0 Å². The molecular formula is C9H6N2S. The van der Waals surface area contributed by atoms with Gasteiger partial charge < -0.3 is 4.37 Å². The molecule has 3 rings (SSSR count). The standard InChI is InChI=1S/C9H6N2S/c1-2-8-7(5-12-11-8)9-6(1)3-4-10-9/h1-5,11H. The van der Waals surface area contributed by atoms with Crippen molar-refractivity contribution in [1.29, 1.82) is 0 Å². The van der Waals surface area contributed by atoms with Crippen LogP contribution in [0.15, 0.2) is 29.8 Å². The van der Waals surface area contributed by atoms with Crippen LogP contribution < -0.4 is 0 Å². The fraction of sp³-hybridized carbons (Fsp3) is 0. The Balaban J connectivity index is 2.71. The molecule has 0 radical (unpaired) electrons. The lowest BCUT2D eigenvalue weighted by atomic mass is 10.2. The predicted octanol–water partition coefficient (Wildman–Crippen LogP) is 2.78. The van der Waals surface area contributed by atoms with Crippen molar-refractivity contribution in [2.45, 2.75) is 0 Å². The molecule has 58 valence electrons. The number of hydrogen-bond acceptors (Lipinski definition) is 2. The Hall–Kier alpha value is -1.35. The molecule has 1 N–H and O–H groups in total. The van der Waals surface area contributed by atoms with E-state index in [0.717, 1.165) is 5.52 Å². The summed E-state index contributed by atoms with van der Waals surface area (Å²) in [6.45, 7) is 0. The van der Waals surface area contributed by atoms with E-state index in [9.17, 15) is 0 Å². The van der Waals surface area contributed by atoms with Gasteiger partial charge in [0, 0.05) is 22.3 Å². The summed E-state index contributed by atoms with van der Waals surface area (Å²) in [7, 11) is 0. The second-order valence-corrected chi connectivity index (χ2v) is 3.42. The number of fused-ring (bicyclic) bond motifs is 3. The largest absolute Gasteiger partial charge is 0.311 e. The van der Waals surface area contributed by atoms with Gasteiger partial charge in [-0.15, -0.1) is 0 Å². The van der Waals surface area contributed by atoms with Gasteiger partial charge >= 0.3 is 0 Å². The molecule has 0 aliphatic carbocycles. The lowest BCUT2D eigenvalue weighted by Gasteiger charge is -1.89. The summed E-state index contributed by atoms with van der Waals surface area (Å²) >= 11 is 1.61. The van der Waals surface area contributed by atoms with E-state index < -0.39 is 0 Å². The normalized spacial score (nSPS) is 11.3. The van der Waals surface area contributed by atoms with Crippen LogP contribution in [0.2, 0.25) is 0 Å². The maximum atomic E-state index is 4.31. The summed E-state index contributed by atoms with van der Waals surface area (Å²) in [5.74, 6) is 0. The van der Waals surface area contributed by atoms with E-state index >= 15 is 0 Å². The Bertz CT molecular complexity index is 486. The van der Waals surface area contributed by atoms with Crippen molar-refractivity contribution in [1.82, 2.24) is 9.36 Å². The van der Waals surface area contributed by atoms with Crippen LogP contribution in [0.4, 0.5) is 0 Å². The van der Waals surface area contributed by atoms with Crippen molar-refractivity contribution in [2.24, 2.45) is 0 Å². The molecule has 0 bridgehead atoms. The molecule has 3 aromatic rings. The maximum absolute atomic E-state index is 4.31. The molecular weight excluding hydrogens is 168 g/mol. The first-order valence-corrected chi connectivity index (χ1v) is 4.62. The summed E-state index contributed by atoms with van der Waals surface area (Å²) in [6.07, 6.45) is 1.85. The molecule has 0 spiro atoms. The van der Waals surface area contributed by atoms with Gasteiger partial charge in [-0.3, -0.25) is 4.98 Å². The molecule has 2 aromatic heterocycles. The fourth-order valence-corrected chi connectivity index (χ4v) is 2.18. The number of rotatable bonds is 0. The number of nitrogens with one attached hydrogen (secondary N) is 1. The van der Waals surface area contributed by atoms with E-state index in [1.54, 1.807) is 11.5 Å². The molecule has 0 aliphatic heterocycles. The molecule has 0 unspecified atom stereocenters. The zero-order chi connectivity index (χ0) is 7.97. The Morgan fingerprint density at radius 3 is 3.25 bits per heavy atom. The van der Waals surface area contributed by atoms with Crippen LogP contribution in [-0.2, 0) is 0 Å². The molecule has 0 atom stereocenters. The van der Waals surface area contributed by atoms with Crippen molar-refractivity contribution in [3.63, 3.8) is 0 Å². The molecule has 12 heavy (non-hydrogen) atoms. The van der Waals surface area contributed by atoms with Crippen molar-refractivity contribution < 1.29 is 0 Å². The number of aromatic nitrogens is 2. The summed E-state index contributed by atoms with van der Waals surface area (Å²) < 4.78 is 3.20. The van der Waals surface area contributed by atoms with Gasteiger partial charge in [0.2, 0.25) is 0 Å². The molecule has 0 fully saturated rings. The third-order valence-electron chi connectivity index (χ3n) is 2.05. The Morgan fingerprint density at radius 1 is 1.25 bits per heavy atom. The molecule has 0 saturated carbocycles. The van der Waals surface area contributed by atoms with Crippen LogP contribution in [0, 0.1) is 0 Å². The number of benzene rings is 1. The van der Waals surface area contributed by atoms with Crippen LogP contribution in [0.25, 0.3) is 21.8 Å². The second kappa shape index (κ2) is 2.08. The van der Waals surface area contributed by atoms with Crippen LogP contribution >= 0.6 is 11.5 Å². The summed E-state index contributed by atoms with van der Waals surface area (Å²) in [5, 5.41) is 4.54. The van der Waals surface area contributed by atoms with Crippen LogP contribution in [-0.4, -0.2) is 9.36 Å². The minimum atomic E-state index is 1.10. The highest BCUT2D eigenvalue weighted by atomic mass is 32.1. The molecule has 1 aromatic carbocycles. The third kappa shape index (κ3) is 0.662. The smallest absolute Gasteiger partial charge is 0.0804 e. The van der Waals surface area contributed by atoms with E-state index in [1.165, 1.54) is 16.3 Å². The molecule has 3 heteroatoms. The summed E-state index contributed by atoms with van der Waals surface area (Å²) in [5.41, 5.74) is 2.27. The van der Waals surface area contributed by atoms with Gasteiger partial charge in [0.05, 0.1) is 11.0 Å². The van der Waals surface area contributed by atoms with Gasteiger partial charge in [-0.05, 0) is 12.1 Å². The quantitative estimate of drug-likeness (QED) is 0.557. The topological polar surface area (TPSA) is 28.7 Å². The average molecular weight is 174 g/mol. The van der Waals surface area contributed by atoms with Crippen molar-refractivity contribution in [3.05, 3.63) is 29.8 Å². The second-order valence-electron chi connectivity index (χ2n) is 2.75. The van der Waals surface area contributed by atoms with Crippen LogP contribution in [0.5, 0.6) is 0 Å². The monoisotopic (exact) mass is 174 g/mol. The Labute approximate surface area is 73.0 Å². The number of H-pyrrole nitrogens is 1. The maximum Gasteiger partial charge on any atom is 0.0804 e. The first-order chi connectivity index (χ1) is 5.95. The van der Waals surface area contributed by atoms with Gasteiger partial charge in [0.15, 0.2) is 0 Å². The first-order valence-electron chi connectivity index (χ1n) is 3.74. The first kappa shape index (κ1) is 6.20. The zero-order valence-corrected chi connectivity index (χ0v) is 7.06. The van der Waals surface area contributed by atoms with E-state index in [4.69, 9.17) is 0 Å². The molecule has 2 nitrogen and oxygen atoms in total. The summed E-state index contributed by atoms with van der Waals surface area (Å²) in [6, 6.07) is 6.22. The van der Waals surface area contributed by atoms with E-state index in [0.29, 0.717) is 0 Å². The van der Waals surface area contributed by atoms with E-state index in [2.05, 4.69) is 26.9 Å². The number of aromatic amines is 1. The van der Waals surface area contributed by atoms with Crippen molar-refractivity contribution >= 4 is 33.3 Å². The minimum absolute atomic E-state index is 1.10. The van der Waals surface area contributed by atoms with Gasteiger partial charge in [-0.2, -0.15) is 0 Å². The molecule has 0 amide bonds. The van der Waals surface area contributed by atoms with Crippen LogP contribution in [0.1, 0.15) is 0 Å². The van der Waals surface area contributed by atoms with Crippen molar-refractivity contribution in [3.8, 4) is 0 Å². The zero-order valence-electron chi connectivity index (χ0n) is 6.24. The number of hydrogen-bond donors (Lipinski definition) is 1. The van der Waals surface area contributed by atoms with E-state index in [1.807, 2.05) is 12.3 Å². The highest BCUT2D eigenvalue weighted by molar-refractivity contribution is 7.04. The molecule has 2 heterocycles. The van der Waals surface area contributed by atoms with Gasteiger partial charge in [0.25, 0.3) is 0 Å². The van der Waals surface area contributed by atoms with E-state index in [-0.39, 0.29) is 0 Å². The average Bonchev–Trinajstić information content (AvgIpc) is 2.71. The highest BCUT2D eigenvalue weighted by Crippen LogP contribution is 2.24. The molecule has 0 saturated heterocycles. The van der Waals surface area contributed by atoms with Gasteiger partial charge in [-0.25, -0.2) is 0 Å². The molecule has 0 aliphatic rings. The number of nitrogens with zero attached hydrogens (tertiary/aromatic N) is 1. The lowest BCUT2D eigenvalue weighted by molar-refractivity contribution is 1.49. The van der Waals surface area contributed by atoms with Gasteiger partial charge in [0.1, 0.15) is 0 Å². The fourth-order valence-electron chi connectivity index (χ4n) is 1.46. The van der Waals surface area contributed by atoms with Gasteiger partial charge in [-0.1, -0.05) is 17.6 Å². The minimum Gasteiger partial charge on any atom is -0.311 e. The lowest BCUT2D eigenvalue weighted by Crippen LogP contribution is -1.69. The third-order valence-corrected chi connectivity index (χ3v) is 2.74. The Morgan fingerprint density at radius 2 is 2.25 bits per heavy atom. The van der Waals surface area contributed by atoms with Crippen molar-refractivity contribution in [2.75, 3.05) is 0 Å².